The molecule has 8 heteroatoms. The van der Waals surface area contributed by atoms with Crippen LogP contribution in [0.4, 0.5) is 10.1 Å². The van der Waals surface area contributed by atoms with Crippen molar-refractivity contribution in [3.05, 3.63) is 53.8 Å². The van der Waals surface area contributed by atoms with Crippen molar-refractivity contribution in [3.63, 3.8) is 0 Å². The summed E-state index contributed by atoms with van der Waals surface area (Å²) >= 11 is 0. The van der Waals surface area contributed by atoms with Gasteiger partial charge in [0.2, 0.25) is 5.91 Å². The van der Waals surface area contributed by atoms with Crippen molar-refractivity contribution in [1.29, 1.82) is 0 Å². The number of carbonyl (C=O) groups excluding carboxylic acids is 3. The number of rotatable bonds is 7. The molecule has 168 valence electrons. The van der Waals surface area contributed by atoms with Crippen molar-refractivity contribution in [3.8, 4) is 11.5 Å². The number of nitrogens with one attached hydrogen (secondary N) is 1. The molecule has 4 rings (SSSR count). The molecule has 0 bridgehead atoms. The van der Waals surface area contributed by atoms with Crippen LogP contribution in [0.3, 0.4) is 0 Å². The van der Waals surface area contributed by atoms with Gasteiger partial charge in [-0.3, -0.25) is 19.3 Å². The number of amides is 2. The summed E-state index contributed by atoms with van der Waals surface area (Å²) in [6.07, 6.45) is 5.24. The summed E-state index contributed by atoms with van der Waals surface area (Å²) in [7, 11) is 0. The van der Waals surface area contributed by atoms with Crippen LogP contribution in [0.1, 0.15) is 42.5 Å². The molecule has 7 nitrogen and oxygen atoms in total. The van der Waals surface area contributed by atoms with Crippen molar-refractivity contribution >= 4 is 23.3 Å². The zero-order valence-corrected chi connectivity index (χ0v) is 17.6. The van der Waals surface area contributed by atoms with Gasteiger partial charge >= 0.3 is 0 Å². The number of ether oxygens (including phenoxy) is 2. The zero-order chi connectivity index (χ0) is 22.5. The maximum atomic E-state index is 13.7. The number of nitrogens with zero attached hydrogens (tertiary/aromatic N) is 1. The third kappa shape index (κ3) is 5.07. The first-order valence-corrected chi connectivity index (χ1v) is 10.8. The van der Waals surface area contributed by atoms with E-state index in [4.69, 9.17) is 9.47 Å². The van der Waals surface area contributed by atoms with Gasteiger partial charge in [0.25, 0.3) is 5.91 Å². The van der Waals surface area contributed by atoms with Crippen LogP contribution >= 0.6 is 0 Å². The van der Waals surface area contributed by atoms with Crippen LogP contribution in [0, 0.1) is 5.82 Å². The maximum absolute atomic E-state index is 13.7. The Balaban J connectivity index is 1.45. The van der Waals surface area contributed by atoms with Crippen molar-refractivity contribution in [2.75, 3.05) is 24.7 Å². The first-order valence-electron chi connectivity index (χ1n) is 10.8. The fraction of sp³-hybridized carbons (Fsp3) is 0.375. The van der Waals surface area contributed by atoms with E-state index in [9.17, 15) is 18.8 Å². The second-order valence-corrected chi connectivity index (χ2v) is 8.00. The maximum Gasteiger partial charge on any atom is 0.265 e. The smallest absolute Gasteiger partial charge is 0.265 e. The van der Waals surface area contributed by atoms with Crippen molar-refractivity contribution in [2.45, 2.75) is 38.1 Å². The van der Waals surface area contributed by atoms with Crippen LogP contribution in [0.25, 0.3) is 0 Å². The summed E-state index contributed by atoms with van der Waals surface area (Å²) in [5, 5.41) is 3.00. The highest BCUT2D eigenvalue weighted by molar-refractivity contribution is 6.04. The van der Waals surface area contributed by atoms with Crippen LogP contribution in [-0.4, -0.2) is 43.4 Å². The normalized spacial score (nSPS) is 16.2. The number of hydrogen-bond acceptors (Lipinski definition) is 5. The van der Waals surface area contributed by atoms with E-state index in [0.717, 1.165) is 25.7 Å². The van der Waals surface area contributed by atoms with Gasteiger partial charge in [0.15, 0.2) is 30.6 Å². The molecule has 1 aliphatic carbocycles. The van der Waals surface area contributed by atoms with E-state index in [-0.39, 0.29) is 54.7 Å². The van der Waals surface area contributed by atoms with Crippen molar-refractivity contribution in [2.24, 2.45) is 0 Å². The van der Waals surface area contributed by atoms with E-state index in [2.05, 4.69) is 5.32 Å². The summed E-state index contributed by atoms with van der Waals surface area (Å²) in [5.74, 6) is -1.14. The summed E-state index contributed by atoms with van der Waals surface area (Å²) < 4.78 is 24.5. The Kier molecular flexibility index (Phi) is 6.68. The van der Waals surface area contributed by atoms with E-state index >= 15 is 0 Å². The lowest BCUT2D eigenvalue weighted by atomic mass is 9.95. The molecule has 1 saturated carbocycles. The van der Waals surface area contributed by atoms with Gasteiger partial charge in [0, 0.05) is 11.6 Å². The van der Waals surface area contributed by atoms with Gasteiger partial charge in [-0.25, -0.2) is 4.39 Å². The van der Waals surface area contributed by atoms with Gasteiger partial charge in [-0.05, 0) is 43.2 Å². The average Bonchev–Trinajstić information content (AvgIpc) is 2.80. The fourth-order valence-corrected chi connectivity index (χ4v) is 4.00. The zero-order valence-electron chi connectivity index (χ0n) is 17.6. The third-order valence-corrected chi connectivity index (χ3v) is 5.69. The lowest BCUT2D eigenvalue weighted by Gasteiger charge is -2.30. The first kappa shape index (κ1) is 21.8. The first-order chi connectivity index (χ1) is 15.5. The number of hydrogen-bond donors (Lipinski definition) is 1. The van der Waals surface area contributed by atoms with Crippen LogP contribution in [0.2, 0.25) is 0 Å². The number of halogens is 1. The fourth-order valence-electron chi connectivity index (χ4n) is 4.00. The van der Waals surface area contributed by atoms with Gasteiger partial charge in [-0.1, -0.05) is 31.4 Å². The van der Waals surface area contributed by atoms with E-state index < -0.39 is 5.82 Å². The Bertz CT molecular complexity index is 1020. The van der Waals surface area contributed by atoms with Crippen LogP contribution in [0.5, 0.6) is 11.5 Å². The van der Waals surface area contributed by atoms with E-state index in [1.165, 1.54) is 35.6 Å². The largest absolute Gasteiger partial charge is 0.482 e. The molecule has 1 fully saturated rings. The second-order valence-electron chi connectivity index (χ2n) is 8.00. The molecule has 1 N–H and O–H groups in total. The Morgan fingerprint density at radius 3 is 2.69 bits per heavy atom. The lowest BCUT2D eigenvalue weighted by molar-refractivity contribution is -0.125. The number of para-hydroxylation sites is 1. The van der Waals surface area contributed by atoms with Crippen molar-refractivity contribution < 1.29 is 28.2 Å². The molecule has 0 radical (unpaired) electrons. The number of carbonyl (C=O) groups is 3. The molecule has 2 aromatic carbocycles. The molecular formula is C24H25FN2O5. The molecule has 2 aliphatic rings. The van der Waals surface area contributed by atoms with Crippen LogP contribution in [-0.2, 0) is 9.59 Å². The van der Waals surface area contributed by atoms with E-state index in [1.807, 2.05) is 0 Å². The summed E-state index contributed by atoms with van der Waals surface area (Å²) in [4.78, 5) is 39.0. The summed E-state index contributed by atoms with van der Waals surface area (Å²) in [5.41, 5.74) is 0.632. The standard InChI is InChI=1S/C24H25FN2O5/c25-18-8-4-5-9-21(18)31-14-20(28)16-10-11-22-19(12-16)27(24(30)15-32-22)13-23(29)26-17-6-2-1-3-7-17/h4-5,8-12,17H,1-3,6-7,13-15H2,(H,26,29). The van der Waals surface area contributed by atoms with Gasteiger partial charge in [-0.15, -0.1) is 0 Å². The molecule has 0 spiro atoms. The molecule has 2 aromatic rings. The summed E-state index contributed by atoms with van der Waals surface area (Å²) in [6.45, 7) is -0.681. The molecule has 2 amide bonds. The molecule has 0 atom stereocenters. The van der Waals surface area contributed by atoms with Gasteiger partial charge in [0.05, 0.1) is 5.69 Å². The molecule has 0 unspecified atom stereocenters. The van der Waals surface area contributed by atoms with E-state index in [1.54, 1.807) is 18.2 Å². The van der Waals surface area contributed by atoms with Crippen LogP contribution < -0.4 is 19.7 Å². The molecular weight excluding hydrogens is 415 g/mol. The molecule has 1 aliphatic heterocycles. The number of fused-ring (bicyclic) bond motifs is 1. The van der Waals surface area contributed by atoms with E-state index in [0.29, 0.717) is 11.4 Å². The molecule has 32 heavy (non-hydrogen) atoms. The quantitative estimate of drug-likeness (QED) is 0.668. The third-order valence-electron chi connectivity index (χ3n) is 5.69. The number of Topliss-reactive ketones (excluding diaryl/α,β-unsaturated/α-hetero) is 1. The Labute approximate surface area is 185 Å². The van der Waals surface area contributed by atoms with Gasteiger partial charge in [0.1, 0.15) is 12.3 Å². The second kappa shape index (κ2) is 9.80. The number of anilines is 1. The minimum atomic E-state index is -0.556. The van der Waals surface area contributed by atoms with Crippen LogP contribution in [0.15, 0.2) is 42.5 Å². The molecule has 0 aromatic heterocycles. The Morgan fingerprint density at radius 1 is 1.12 bits per heavy atom. The Hall–Kier alpha value is -3.42. The number of benzene rings is 2. The number of ketones is 1. The average molecular weight is 440 g/mol. The SMILES string of the molecule is O=C(CN1C(=O)COc2ccc(C(=O)COc3ccccc3F)cc21)NC1CCCCC1. The predicted molar refractivity (Wildman–Crippen MR) is 116 cm³/mol. The monoisotopic (exact) mass is 440 g/mol. The molecule has 1 heterocycles. The highest BCUT2D eigenvalue weighted by Gasteiger charge is 2.29. The lowest BCUT2D eigenvalue weighted by Crippen LogP contribution is -2.47. The highest BCUT2D eigenvalue weighted by Crippen LogP contribution is 2.33. The highest BCUT2D eigenvalue weighted by atomic mass is 19.1. The summed E-state index contributed by atoms with van der Waals surface area (Å²) in [6, 6.07) is 10.6. The molecule has 0 saturated heterocycles. The minimum absolute atomic E-state index is 0.0154. The minimum Gasteiger partial charge on any atom is -0.482 e. The van der Waals surface area contributed by atoms with Crippen molar-refractivity contribution in [1.82, 2.24) is 5.32 Å². The van der Waals surface area contributed by atoms with Gasteiger partial charge in [-0.2, -0.15) is 0 Å². The predicted octanol–water partition coefficient (Wildman–Crippen LogP) is 3.26. The van der Waals surface area contributed by atoms with Gasteiger partial charge < -0.3 is 14.8 Å². The topological polar surface area (TPSA) is 84.9 Å². The Morgan fingerprint density at radius 2 is 1.91 bits per heavy atom.